The molecule has 0 radical (unpaired) electrons. The van der Waals surface area contributed by atoms with Crippen LogP contribution in [0.15, 0.2) is 0 Å². The number of carboxylic acids is 2. The molecule has 0 bridgehead atoms. The monoisotopic (exact) mass is 260 g/mol. The summed E-state index contributed by atoms with van der Waals surface area (Å²) >= 11 is 0. The van der Waals surface area contributed by atoms with Gasteiger partial charge in [-0.3, -0.25) is 9.59 Å². The normalized spacial score (nSPS) is 18.3. The fourth-order valence-electron chi connectivity index (χ4n) is 1.64. The Balaban J connectivity index is 2.41. The van der Waals surface area contributed by atoms with Gasteiger partial charge in [0.05, 0.1) is 6.10 Å². The molecule has 0 spiro atoms. The molecule has 18 heavy (non-hydrogen) atoms. The first kappa shape index (κ1) is 14.2. The summed E-state index contributed by atoms with van der Waals surface area (Å²) in [5, 5.41) is 19.6. The summed E-state index contributed by atoms with van der Waals surface area (Å²) in [6, 6.07) is -0.713. The number of nitrogens with zero attached hydrogens (tertiary/aromatic N) is 1. The number of hydrogen-bond donors (Lipinski definition) is 3. The second kappa shape index (κ2) is 6.80. The maximum absolute atomic E-state index is 11.6. The number of carboxylic acid groups (broad SMARTS) is 2. The third-order valence-electron chi connectivity index (χ3n) is 2.44. The van der Waals surface area contributed by atoms with Crippen molar-refractivity contribution in [2.75, 3.05) is 26.2 Å². The molecule has 1 heterocycles. The van der Waals surface area contributed by atoms with Gasteiger partial charge in [0.1, 0.15) is 13.1 Å². The van der Waals surface area contributed by atoms with Crippen molar-refractivity contribution in [2.24, 2.45) is 0 Å². The van der Waals surface area contributed by atoms with Crippen molar-refractivity contribution < 1.29 is 29.3 Å². The van der Waals surface area contributed by atoms with Gasteiger partial charge in [0.15, 0.2) is 0 Å². The molecule has 0 aromatic heterocycles. The van der Waals surface area contributed by atoms with Crippen molar-refractivity contribution in [3.05, 3.63) is 0 Å². The molecule has 1 fully saturated rings. The molecule has 1 atom stereocenters. The zero-order valence-electron chi connectivity index (χ0n) is 9.79. The molecule has 0 aliphatic carbocycles. The van der Waals surface area contributed by atoms with Gasteiger partial charge in [-0.05, 0) is 12.8 Å². The maximum atomic E-state index is 11.6. The predicted molar refractivity (Wildman–Crippen MR) is 59.2 cm³/mol. The lowest BCUT2D eigenvalue weighted by Gasteiger charge is -2.20. The van der Waals surface area contributed by atoms with Crippen LogP contribution in [0.1, 0.15) is 12.8 Å². The fourth-order valence-corrected chi connectivity index (χ4v) is 1.64. The molecule has 8 heteroatoms. The smallest absolute Gasteiger partial charge is 0.323 e. The van der Waals surface area contributed by atoms with Crippen LogP contribution in [0.25, 0.3) is 0 Å². The number of carbonyl (C=O) groups excluding carboxylic acids is 1. The van der Waals surface area contributed by atoms with Crippen LogP contribution in [0.3, 0.4) is 0 Å². The van der Waals surface area contributed by atoms with E-state index < -0.39 is 31.1 Å². The molecule has 3 N–H and O–H groups in total. The molecule has 1 aliphatic heterocycles. The van der Waals surface area contributed by atoms with E-state index in [2.05, 4.69) is 5.32 Å². The van der Waals surface area contributed by atoms with Crippen LogP contribution in [-0.4, -0.2) is 65.4 Å². The first-order valence-corrected chi connectivity index (χ1v) is 5.57. The van der Waals surface area contributed by atoms with E-state index in [1.54, 1.807) is 0 Å². The molecular formula is C10H16N2O6. The Labute approximate surface area is 104 Å². The quantitative estimate of drug-likeness (QED) is 0.584. The molecular weight excluding hydrogens is 244 g/mol. The number of aliphatic carboxylic acids is 2. The van der Waals surface area contributed by atoms with E-state index in [0.717, 1.165) is 17.7 Å². The van der Waals surface area contributed by atoms with E-state index in [0.29, 0.717) is 6.61 Å². The lowest BCUT2D eigenvalue weighted by Crippen LogP contribution is -2.47. The van der Waals surface area contributed by atoms with Crippen molar-refractivity contribution >= 4 is 18.0 Å². The lowest BCUT2D eigenvalue weighted by atomic mass is 10.2. The van der Waals surface area contributed by atoms with Crippen molar-refractivity contribution in [2.45, 2.75) is 18.9 Å². The largest absolute Gasteiger partial charge is 0.480 e. The van der Waals surface area contributed by atoms with E-state index in [9.17, 15) is 14.4 Å². The van der Waals surface area contributed by atoms with Crippen molar-refractivity contribution in [1.82, 2.24) is 10.2 Å². The highest BCUT2D eigenvalue weighted by Gasteiger charge is 2.21. The molecule has 1 rings (SSSR count). The van der Waals surface area contributed by atoms with Gasteiger partial charge in [0.2, 0.25) is 0 Å². The number of nitrogens with one attached hydrogen (secondary N) is 1. The topological polar surface area (TPSA) is 116 Å². The summed E-state index contributed by atoms with van der Waals surface area (Å²) in [7, 11) is 0. The Hall–Kier alpha value is -1.83. The second-order valence-corrected chi connectivity index (χ2v) is 3.96. The summed E-state index contributed by atoms with van der Waals surface area (Å²) in [6.07, 6.45) is 1.68. The van der Waals surface area contributed by atoms with E-state index in [-0.39, 0.29) is 12.6 Å². The molecule has 1 aliphatic rings. The maximum Gasteiger partial charge on any atom is 0.323 e. The van der Waals surface area contributed by atoms with Gasteiger partial charge < -0.3 is 25.2 Å². The Morgan fingerprint density at radius 1 is 1.22 bits per heavy atom. The van der Waals surface area contributed by atoms with Crippen molar-refractivity contribution in [3.8, 4) is 0 Å². The number of carbonyl (C=O) groups is 3. The minimum Gasteiger partial charge on any atom is -0.480 e. The summed E-state index contributed by atoms with van der Waals surface area (Å²) in [5.41, 5.74) is 0. The first-order chi connectivity index (χ1) is 8.49. The van der Waals surface area contributed by atoms with Gasteiger partial charge in [-0.15, -0.1) is 0 Å². The summed E-state index contributed by atoms with van der Waals surface area (Å²) in [5.74, 6) is -2.52. The molecule has 1 saturated heterocycles. The predicted octanol–water partition coefficient (Wildman–Crippen LogP) is -0.654. The van der Waals surface area contributed by atoms with Gasteiger partial charge >= 0.3 is 18.0 Å². The average molecular weight is 260 g/mol. The van der Waals surface area contributed by atoms with E-state index in [4.69, 9.17) is 14.9 Å². The van der Waals surface area contributed by atoms with Crippen LogP contribution in [0.4, 0.5) is 4.79 Å². The summed E-state index contributed by atoms with van der Waals surface area (Å²) in [4.78, 5) is 33.4. The molecule has 8 nitrogen and oxygen atoms in total. The van der Waals surface area contributed by atoms with Crippen LogP contribution in [0, 0.1) is 0 Å². The Bertz CT molecular complexity index is 310. The summed E-state index contributed by atoms with van der Waals surface area (Å²) < 4.78 is 5.28. The third-order valence-corrected chi connectivity index (χ3v) is 2.44. The SMILES string of the molecule is O=C(O)CN(CC(=O)O)C(=O)NCC1CCCO1. The Morgan fingerprint density at radius 2 is 1.83 bits per heavy atom. The molecule has 0 saturated carbocycles. The van der Waals surface area contributed by atoms with E-state index in [1.165, 1.54) is 0 Å². The molecule has 0 aromatic rings. The van der Waals surface area contributed by atoms with Crippen LogP contribution < -0.4 is 5.32 Å². The number of ether oxygens (including phenoxy) is 1. The Kier molecular flexibility index (Phi) is 5.37. The zero-order chi connectivity index (χ0) is 13.5. The molecule has 2 amide bonds. The minimum absolute atomic E-state index is 0.0783. The van der Waals surface area contributed by atoms with Crippen LogP contribution in [-0.2, 0) is 14.3 Å². The second-order valence-electron chi connectivity index (χ2n) is 3.96. The van der Waals surface area contributed by atoms with Gasteiger partial charge in [-0.1, -0.05) is 0 Å². The van der Waals surface area contributed by atoms with Gasteiger partial charge in [0, 0.05) is 13.2 Å². The molecule has 0 aromatic carbocycles. The van der Waals surface area contributed by atoms with Gasteiger partial charge in [0.25, 0.3) is 0 Å². The fraction of sp³-hybridized carbons (Fsp3) is 0.700. The number of amides is 2. The van der Waals surface area contributed by atoms with E-state index in [1.807, 2.05) is 0 Å². The highest BCUT2D eigenvalue weighted by atomic mass is 16.5. The van der Waals surface area contributed by atoms with Gasteiger partial charge in [-0.25, -0.2) is 4.79 Å². The lowest BCUT2D eigenvalue weighted by molar-refractivity contribution is -0.140. The van der Waals surface area contributed by atoms with Crippen molar-refractivity contribution in [3.63, 3.8) is 0 Å². The molecule has 102 valence electrons. The molecule has 1 unspecified atom stereocenters. The van der Waals surface area contributed by atoms with Crippen LogP contribution in [0.5, 0.6) is 0 Å². The minimum atomic E-state index is -1.26. The number of hydrogen-bond acceptors (Lipinski definition) is 4. The highest BCUT2D eigenvalue weighted by molar-refractivity contribution is 5.84. The number of urea groups is 1. The van der Waals surface area contributed by atoms with Gasteiger partial charge in [-0.2, -0.15) is 0 Å². The number of rotatable bonds is 6. The van der Waals surface area contributed by atoms with Crippen LogP contribution in [0.2, 0.25) is 0 Å². The zero-order valence-corrected chi connectivity index (χ0v) is 9.79. The standard InChI is InChI=1S/C10H16N2O6/c13-8(14)5-12(6-9(15)16)10(17)11-4-7-2-1-3-18-7/h7H,1-6H2,(H,11,17)(H,13,14)(H,15,16). The first-order valence-electron chi connectivity index (χ1n) is 5.57. The van der Waals surface area contributed by atoms with Crippen LogP contribution >= 0.6 is 0 Å². The van der Waals surface area contributed by atoms with E-state index >= 15 is 0 Å². The summed E-state index contributed by atoms with van der Waals surface area (Å²) in [6.45, 7) is -0.392. The highest BCUT2D eigenvalue weighted by Crippen LogP contribution is 2.10. The third kappa shape index (κ3) is 5.00. The Morgan fingerprint density at radius 3 is 2.28 bits per heavy atom. The van der Waals surface area contributed by atoms with Crippen molar-refractivity contribution in [1.29, 1.82) is 0 Å². The average Bonchev–Trinajstić information content (AvgIpc) is 2.76.